The standard InChI is InChI=1S/C5H11NO2S/c1-6-2-3-8-4-5-9(6)7/h2-5H2,1H3. The van der Waals surface area contributed by atoms with Gasteiger partial charge in [0.2, 0.25) is 0 Å². The zero-order chi connectivity index (χ0) is 6.69. The molecule has 0 amide bonds. The summed E-state index contributed by atoms with van der Waals surface area (Å²) in [5, 5.41) is 0. The molecule has 0 N–H and O–H groups in total. The van der Waals surface area contributed by atoms with Crippen molar-refractivity contribution >= 4 is 11.4 Å². The molecule has 0 aromatic heterocycles. The van der Waals surface area contributed by atoms with E-state index in [-0.39, 0.29) is 0 Å². The van der Waals surface area contributed by atoms with Crippen molar-refractivity contribution in [2.45, 2.75) is 0 Å². The molecule has 0 bridgehead atoms. The Labute approximate surface area is 58.3 Å². The Morgan fingerprint density at radius 1 is 1.56 bits per heavy atom. The van der Waals surface area contributed by atoms with Gasteiger partial charge in [-0.15, -0.1) is 4.31 Å². The highest BCUT2D eigenvalue weighted by Gasteiger charge is 2.16. The quantitative estimate of drug-likeness (QED) is 0.440. The summed E-state index contributed by atoms with van der Waals surface area (Å²) in [6, 6.07) is 0. The van der Waals surface area contributed by atoms with Crippen LogP contribution in [0.2, 0.25) is 0 Å². The van der Waals surface area contributed by atoms with E-state index in [2.05, 4.69) is 0 Å². The maximum Gasteiger partial charge on any atom is 0.149 e. The average molecular weight is 149 g/mol. The fourth-order valence-electron chi connectivity index (χ4n) is 0.683. The molecular weight excluding hydrogens is 138 g/mol. The van der Waals surface area contributed by atoms with Crippen molar-refractivity contribution in [3.8, 4) is 0 Å². The maximum atomic E-state index is 11.0. The molecule has 0 saturated carbocycles. The lowest BCUT2D eigenvalue weighted by Crippen LogP contribution is -2.29. The minimum absolute atomic E-state index is 0.636. The summed E-state index contributed by atoms with van der Waals surface area (Å²) in [4.78, 5) is 0. The van der Waals surface area contributed by atoms with Crippen molar-refractivity contribution in [2.75, 3.05) is 32.6 Å². The van der Waals surface area contributed by atoms with Gasteiger partial charge in [0.1, 0.15) is 5.75 Å². The molecule has 1 unspecified atom stereocenters. The molecule has 1 aliphatic heterocycles. The molecule has 1 heterocycles. The molecule has 0 spiro atoms. The fourth-order valence-corrected chi connectivity index (χ4v) is 1.53. The highest BCUT2D eigenvalue weighted by atomic mass is 32.2. The summed E-state index contributed by atoms with van der Waals surface area (Å²) >= 11 is -0.794. The van der Waals surface area contributed by atoms with Crippen LogP contribution in [0.15, 0.2) is 0 Å². The van der Waals surface area contributed by atoms with Gasteiger partial charge in [0.05, 0.1) is 19.8 Å². The highest BCUT2D eigenvalue weighted by Crippen LogP contribution is 2.01. The van der Waals surface area contributed by atoms with Crippen LogP contribution in [0, 0.1) is 0 Å². The van der Waals surface area contributed by atoms with Crippen LogP contribution in [0.5, 0.6) is 0 Å². The van der Waals surface area contributed by atoms with E-state index in [1.54, 1.807) is 0 Å². The second-order valence-electron chi connectivity index (χ2n) is 1.99. The van der Waals surface area contributed by atoms with E-state index >= 15 is 0 Å². The van der Waals surface area contributed by atoms with Crippen LogP contribution in [-0.2, 0) is 16.1 Å². The number of likely N-dealkylation sites (N-methyl/N-ethyl adjacent to an activating group) is 1. The molecule has 9 heavy (non-hydrogen) atoms. The first-order chi connectivity index (χ1) is 4.30. The Balaban J connectivity index is 2.32. The number of hydrogen-bond donors (Lipinski definition) is 0. The van der Waals surface area contributed by atoms with E-state index in [9.17, 15) is 4.55 Å². The Morgan fingerprint density at radius 2 is 2.33 bits per heavy atom. The van der Waals surface area contributed by atoms with Crippen LogP contribution in [0.4, 0.5) is 0 Å². The Hall–Kier alpha value is 0.230. The molecule has 1 aliphatic rings. The van der Waals surface area contributed by atoms with Gasteiger partial charge in [0.15, 0.2) is 0 Å². The van der Waals surface area contributed by atoms with Gasteiger partial charge in [-0.3, -0.25) is 0 Å². The lowest BCUT2D eigenvalue weighted by Gasteiger charge is -2.15. The summed E-state index contributed by atoms with van der Waals surface area (Å²) in [7, 11) is 1.85. The first-order valence-electron chi connectivity index (χ1n) is 2.98. The van der Waals surface area contributed by atoms with Crippen LogP contribution >= 0.6 is 0 Å². The molecule has 1 rings (SSSR count). The zero-order valence-corrected chi connectivity index (χ0v) is 6.32. The molecule has 1 fully saturated rings. The van der Waals surface area contributed by atoms with Gasteiger partial charge < -0.3 is 9.29 Å². The van der Waals surface area contributed by atoms with Crippen LogP contribution in [0.1, 0.15) is 0 Å². The number of hydrogen-bond acceptors (Lipinski definition) is 3. The van der Waals surface area contributed by atoms with E-state index < -0.39 is 11.4 Å². The number of ether oxygens (including phenoxy) is 1. The molecule has 0 aromatic rings. The topological polar surface area (TPSA) is 35.5 Å². The van der Waals surface area contributed by atoms with Gasteiger partial charge in [-0.25, -0.2) is 0 Å². The second-order valence-corrected chi connectivity index (χ2v) is 3.66. The van der Waals surface area contributed by atoms with Crippen molar-refractivity contribution in [1.82, 2.24) is 4.31 Å². The minimum Gasteiger partial charge on any atom is -0.598 e. The Kier molecular flexibility index (Phi) is 2.78. The third-order valence-corrected chi connectivity index (χ3v) is 2.69. The minimum atomic E-state index is -0.794. The largest absolute Gasteiger partial charge is 0.598 e. The van der Waals surface area contributed by atoms with Gasteiger partial charge >= 0.3 is 0 Å². The van der Waals surface area contributed by atoms with Gasteiger partial charge in [-0.2, -0.15) is 0 Å². The Morgan fingerprint density at radius 3 is 3.11 bits per heavy atom. The van der Waals surface area contributed by atoms with E-state index in [0.29, 0.717) is 19.0 Å². The first kappa shape index (κ1) is 7.34. The van der Waals surface area contributed by atoms with Crippen molar-refractivity contribution in [1.29, 1.82) is 0 Å². The summed E-state index contributed by atoms with van der Waals surface area (Å²) < 4.78 is 17.9. The van der Waals surface area contributed by atoms with Gasteiger partial charge in [0.25, 0.3) is 0 Å². The molecule has 1 atom stereocenters. The van der Waals surface area contributed by atoms with Crippen LogP contribution in [-0.4, -0.2) is 41.4 Å². The molecule has 4 heteroatoms. The van der Waals surface area contributed by atoms with Crippen LogP contribution in [0.3, 0.4) is 0 Å². The van der Waals surface area contributed by atoms with Gasteiger partial charge in [-0.05, 0) is 0 Å². The second kappa shape index (κ2) is 3.41. The Bertz CT molecular complexity index is 81.0. The summed E-state index contributed by atoms with van der Waals surface area (Å²) in [5.74, 6) is 0.649. The monoisotopic (exact) mass is 149 g/mol. The first-order valence-corrected chi connectivity index (χ1v) is 4.25. The van der Waals surface area contributed by atoms with E-state index in [1.165, 1.54) is 0 Å². The molecule has 0 aromatic carbocycles. The fraction of sp³-hybridized carbons (Fsp3) is 1.00. The van der Waals surface area contributed by atoms with Crippen LogP contribution in [0.25, 0.3) is 0 Å². The summed E-state index contributed by atoms with van der Waals surface area (Å²) in [6.45, 7) is 2.13. The molecule has 0 aliphatic carbocycles. The lowest BCUT2D eigenvalue weighted by atomic mass is 10.7. The van der Waals surface area contributed by atoms with Crippen molar-refractivity contribution in [3.05, 3.63) is 0 Å². The third-order valence-electron chi connectivity index (χ3n) is 1.30. The van der Waals surface area contributed by atoms with Gasteiger partial charge in [-0.1, -0.05) is 0 Å². The normalized spacial score (nSPS) is 32.0. The molecule has 3 nitrogen and oxygen atoms in total. The SMILES string of the molecule is CN1CCOCC[S+]1[O-]. The summed E-state index contributed by atoms with van der Waals surface area (Å²) in [5.41, 5.74) is 0. The molecule has 54 valence electrons. The summed E-state index contributed by atoms with van der Waals surface area (Å²) in [6.07, 6.45) is 0. The zero-order valence-electron chi connectivity index (χ0n) is 5.50. The van der Waals surface area contributed by atoms with Crippen molar-refractivity contribution in [2.24, 2.45) is 0 Å². The van der Waals surface area contributed by atoms with E-state index in [1.807, 2.05) is 11.4 Å². The van der Waals surface area contributed by atoms with Crippen LogP contribution < -0.4 is 0 Å². The van der Waals surface area contributed by atoms with Gasteiger partial charge in [0, 0.05) is 18.4 Å². The predicted molar refractivity (Wildman–Crippen MR) is 36.5 cm³/mol. The van der Waals surface area contributed by atoms with Crippen molar-refractivity contribution in [3.63, 3.8) is 0 Å². The molecule has 0 radical (unpaired) electrons. The van der Waals surface area contributed by atoms with Crippen molar-refractivity contribution < 1.29 is 9.29 Å². The average Bonchev–Trinajstić information content (AvgIpc) is 1.99. The smallest absolute Gasteiger partial charge is 0.149 e. The number of nitrogens with zero attached hydrogens (tertiary/aromatic N) is 1. The predicted octanol–water partition coefficient (Wildman–Crippen LogP) is -0.388. The molecular formula is C5H11NO2S. The van der Waals surface area contributed by atoms with E-state index in [0.717, 1.165) is 6.54 Å². The number of rotatable bonds is 0. The lowest BCUT2D eigenvalue weighted by molar-refractivity contribution is 0.150. The highest BCUT2D eigenvalue weighted by molar-refractivity contribution is 7.89. The van der Waals surface area contributed by atoms with E-state index in [4.69, 9.17) is 4.74 Å². The molecule has 1 saturated heterocycles. The third kappa shape index (κ3) is 2.14. The maximum absolute atomic E-state index is 11.0.